The average Bonchev–Trinajstić information content (AvgIpc) is 3.86. The average molecular weight is 795 g/mol. The highest BCUT2D eigenvalue weighted by Gasteiger charge is 2.41. The van der Waals surface area contributed by atoms with Crippen LogP contribution in [0.15, 0.2) is 212 Å². The van der Waals surface area contributed by atoms with E-state index in [4.69, 9.17) is 9.97 Å². The van der Waals surface area contributed by atoms with E-state index in [1.807, 2.05) is 17.4 Å². The van der Waals surface area contributed by atoms with Gasteiger partial charge in [-0.2, -0.15) is 0 Å². The lowest BCUT2D eigenvalue weighted by Crippen LogP contribution is -2.22. The molecule has 0 saturated heterocycles. The van der Waals surface area contributed by atoms with E-state index in [0.29, 0.717) is 5.82 Å². The van der Waals surface area contributed by atoms with Gasteiger partial charge in [-0.15, -0.1) is 11.3 Å². The molecule has 0 saturated carbocycles. The first-order chi connectivity index (χ1) is 30.1. The van der Waals surface area contributed by atoms with Crippen molar-refractivity contribution in [3.8, 4) is 67.3 Å². The fourth-order valence-corrected chi connectivity index (χ4v) is 11.2. The molecule has 0 aliphatic heterocycles. The summed E-state index contributed by atoms with van der Waals surface area (Å²) in [5.74, 6) is 0.707. The van der Waals surface area contributed by atoms with Crippen LogP contribution < -0.4 is 0 Å². The minimum absolute atomic E-state index is 0.310. The second kappa shape index (κ2) is 14.1. The topological polar surface area (TPSA) is 25.8 Å². The van der Waals surface area contributed by atoms with Gasteiger partial charge in [-0.05, 0) is 79.9 Å². The van der Waals surface area contributed by atoms with E-state index in [0.717, 1.165) is 33.6 Å². The van der Waals surface area contributed by atoms with Crippen molar-refractivity contribution in [3.63, 3.8) is 0 Å². The Morgan fingerprint density at radius 3 is 1.85 bits per heavy atom. The normalized spacial score (nSPS) is 14.4. The Balaban J connectivity index is 1.07. The molecule has 2 aromatic heterocycles. The van der Waals surface area contributed by atoms with Crippen LogP contribution in [0, 0.1) is 0 Å². The fraction of sp³-hybridized carbons (Fsp3) is 0.0345. The number of benzene rings is 9. The van der Waals surface area contributed by atoms with Gasteiger partial charge in [-0.25, -0.2) is 9.97 Å². The van der Waals surface area contributed by atoms with Gasteiger partial charge in [0, 0.05) is 42.3 Å². The van der Waals surface area contributed by atoms with Crippen LogP contribution in [0.5, 0.6) is 0 Å². The summed E-state index contributed by atoms with van der Waals surface area (Å²) in [4.78, 5) is 10.7. The Morgan fingerprint density at radius 1 is 0.393 bits per heavy atom. The van der Waals surface area contributed by atoms with E-state index >= 15 is 0 Å². The standard InChI is InChI=1S/C58H38N2S/c1-58(42-24-9-4-10-25-42)49-29-14-13-27-46(49)53-47(28-16-30-50(53)58)52-36-51(59-57(60-52)39-20-7-3-8-21-39)41-23-15-22-40(35-41)43-33-34-45(37-17-5-2-6-18-37)56-54(43)48-32-31-38-19-11-12-26-44(38)55(48)61-56/h2-36H,1H3. The Hall–Kier alpha value is -7.46. The minimum atomic E-state index is -0.310. The van der Waals surface area contributed by atoms with Crippen molar-refractivity contribution in [3.05, 3.63) is 229 Å². The Kier molecular flexibility index (Phi) is 8.19. The SMILES string of the molecule is CC1(c2ccccc2)c2ccccc2-c2c(-c3cc(-c4cccc(-c5ccc(-c6ccccc6)c6sc7c8ccccc8ccc7c56)c4)nc(-c4ccccc4)n3)cccc21. The Labute approximate surface area is 359 Å². The molecule has 0 spiro atoms. The Morgan fingerprint density at radius 2 is 1.02 bits per heavy atom. The van der Waals surface area contributed by atoms with Crippen LogP contribution in [-0.4, -0.2) is 9.97 Å². The van der Waals surface area contributed by atoms with Gasteiger partial charge in [0.15, 0.2) is 5.82 Å². The molecule has 1 unspecified atom stereocenters. The number of aromatic nitrogens is 2. The quantitative estimate of drug-likeness (QED) is 0.168. The summed E-state index contributed by atoms with van der Waals surface area (Å²) in [5.41, 5.74) is 15.9. The molecule has 2 nitrogen and oxygen atoms in total. The molecule has 3 heteroatoms. The molecule has 12 rings (SSSR count). The first kappa shape index (κ1) is 35.5. The van der Waals surface area contributed by atoms with Crippen LogP contribution in [0.25, 0.3) is 98.2 Å². The summed E-state index contributed by atoms with van der Waals surface area (Å²) < 4.78 is 2.62. The van der Waals surface area contributed by atoms with Crippen LogP contribution in [0.4, 0.5) is 0 Å². The fourth-order valence-electron chi connectivity index (χ4n) is 9.83. The molecule has 0 bridgehead atoms. The number of hydrogen-bond donors (Lipinski definition) is 0. The van der Waals surface area contributed by atoms with Gasteiger partial charge in [0.05, 0.1) is 11.4 Å². The lowest BCUT2D eigenvalue weighted by Gasteiger charge is -2.28. The van der Waals surface area contributed by atoms with Crippen LogP contribution in [0.1, 0.15) is 23.6 Å². The summed E-state index contributed by atoms with van der Waals surface area (Å²) in [6.07, 6.45) is 0. The van der Waals surface area contributed by atoms with Gasteiger partial charge in [-0.1, -0.05) is 200 Å². The highest BCUT2D eigenvalue weighted by atomic mass is 32.1. The molecule has 1 aliphatic carbocycles. The van der Waals surface area contributed by atoms with Crippen molar-refractivity contribution in [1.29, 1.82) is 0 Å². The number of hydrogen-bond acceptors (Lipinski definition) is 3. The van der Waals surface area contributed by atoms with Gasteiger partial charge in [-0.3, -0.25) is 0 Å². The van der Waals surface area contributed by atoms with E-state index in [9.17, 15) is 0 Å². The van der Waals surface area contributed by atoms with Crippen LogP contribution in [0.3, 0.4) is 0 Å². The summed E-state index contributed by atoms with van der Waals surface area (Å²) in [6, 6.07) is 76.8. The van der Waals surface area contributed by atoms with E-state index in [2.05, 4.69) is 213 Å². The number of nitrogens with zero attached hydrogens (tertiary/aromatic N) is 2. The molecule has 11 aromatic rings. The molecule has 9 aromatic carbocycles. The van der Waals surface area contributed by atoms with Gasteiger partial charge < -0.3 is 0 Å². The van der Waals surface area contributed by atoms with Gasteiger partial charge in [0.25, 0.3) is 0 Å². The van der Waals surface area contributed by atoms with Gasteiger partial charge >= 0.3 is 0 Å². The zero-order chi connectivity index (χ0) is 40.5. The van der Waals surface area contributed by atoms with E-state index in [1.54, 1.807) is 0 Å². The van der Waals surface area contributed by atoms with Crippen molar-refractivity contribution >= 4 is 42.3 Å². The largest absolute Gasteiger partial charge is 0.228 e. The molecule has 0 radical (unpaired) electrons. The highest BCUT2D eigenvalue weighted by Crippen LogP contribution is 2.55. The van der Waals surface area contributed by atoms with Crippen LogP contribution >= 0.6 is 11.3 Å². The molecular formula is C58H38N2S. The predicted octanol–water partition coefficient (Wildman–Crippen LogP) is 15.7. The van der Waals surface area contributed by atoms with E-state index in [1.165, 1.54) is 75.5 Å². The number of rotatable bonds is 6. The summed E-state index contributed by atoms with van der Waals surface area (Å²) in [6.45, 7) is 2.37. The van der Waals surface area contributed by atoms with Gasteiger partial charge in [0.2, 0.25) is 0 Å². The summed E-state index contributed by atoms with van der Waals surface area (Å²) >= 11 is 1.90. The molecule has 286 valence electrons. The second-order valence-corrected chi connectivity index (χ2v) is 17.2. The zero-order valence-corrected chi connectivity index (χ0v) is 34.3. The highest BCUT2D eigenvalue weighted by molar-refractivity contribution is 7.27. The van der Waals surface area contributed by atoms with Gasteiger partial charge in [0.1, 0.15) is 0 Å². The maximum Gasteiger partial charge on any atom is 0.160 e. The smallest absolute Gasteiger partial charge is 0.160 e. The lowest BCUT2D eigenvalue weighted by atomic mass is 9.74. The first-order valence-corrected chi connectivity index (χ1v) is 21.7. The molecular weight excluding hydrogens is 757 g/mol. The van der Waals surface area contributed by atoms with Crippen LogP contribution in [-0.2, 0) is 5.41 Å². The van der Waals surface area contributed by atoms with Crippen LogP contribution in [0.2, 0.25) is 0 Å². The van der Waals surface area contributed by atoms with E-state index in [-0.39, 0.29) is 5.41 Å². The third-order valence-corrected chi connectivity index (χ3v) is 14.1. The predicted molar refractivity (Wildman–Crippen MR) is 257 cm³/mol. The minimum Gasteiger partial charge on any atom is -0.228 e. The maximum atomic E-state index is 5.37. The van der Waals surface area contributed by atoms with E-state index < -0.39 is 0 Å². The monoisotopic (exact) mass is 794 g/mol. The third kappa shape index (κ3) is 5.62. The molecule has 0 fully saturated rings. The molecule has 0 N–H and O–H groups in total. The molecule has 0 amide bonds. The van der Waals surface area contributed by atoms with Crippen molar-refractivity contribution in [2.45, 2.75) is 12.3 Å². The molecule has 61 heavy (non-hydrogen) atoms. The summed E-state index contributed by atoms with van der Waals surface area (Å²) in [5, 5.41) is 5.13. The molecule has 2 heterocycles. The lowest BCUT2D eigenvalue weighted by molar-refractivity contribution is 0.714. The molecule has 1 aliphatic rings. The van der Waals surface area contributed by atoms with Crippen molar-refractivity contribution in [1.82, 2.24) is 9.97 Å². The number of fused-ring (bicyclic) bond motifs is 8. The first-order valence-electron chi connectivity index (χ1n) is 20.9. The summed E-state index contributed by atoms with van der Waals surface area (Å²) in [7, 11) is 0. The van der Waals surface area contributed by atoms with Crippen molar-refractivity contribution in [2.24, 2.45) is 0 Å². The second-order valence-electron chi connectivity index (χ2n) is 16.2. The zero-order valence-electron chi connectivity index (χ0n) is 33.5. The molecule has 1 atom stereocenters. The van der Waals surface area contributed by atoms with Crippen molar-refractivity contribution in [2.75, 3.05) is 0 Å². The third-order valence-electron chi connectivity index (χ3n) is 12.8. The number of thiophene rings is 1. The van der Waals surface area contributed by atoms with Crippen molar-refractivity contribution < 1.29 is 0 Å². The Bertz CT molecular complexity index is 3480. The maximum absolute atomic E-state index is 5.37.